The van der Waals surface area contributed by atoms with Crippen LogP contribution in [0.1, 0.15) is 11.4 Å². The van der Waals surface area contributed by atoms with Crippen molar-refractivity contribution in [3.63, 3.8) is 0 Å². The molecular weight excluding hydrogens is 297 g/mol. The van der Waals surface area contributed by atoms with Gasteiger partial charge in [-0.3, -0.25) is 0 Å². The van der Waals surface area contributed by atoms with Crippen molar-refractivity contribution in [1.82, 2.24) is 19.9 Å². The molecule has 3 aromatic rings. The van der Waals surface area contributed by atoms with Gasteiger partial charge in [-0.05, 0) is 17.7 Å². The number of fused-ring (bicyclic) bond motifs is 1. The monoisotopic (exact) mass is 307 g/mol. The first kappa shape index (κ1) is 13.1. The van der Waals surface area contributed by atoms with Gasteiger partial charge < -0.3 is 10.3 Å². The molecule has 2 N–H and O–H groups in total. The Morgan fingerprint density at radius 1 is 1.20 bits per heavy atom. The van der Waals surface area contributed by atoms with Crippen molar-refractivity contribution >= 4 is 40.2 Å². The van der Waals surface area contributed by atoms with Gasteiger partial charge in [-0.15, -0.1) is 0 Å². The molecule has 0 unspecified atom stereocenters. The number of hydrogen-bond acceptors (Lipinski definition) is 4. The Morgan fingerprint density at radius 2 is 1.95 bits per heavy atom. The second-order valence-corrected chi connectivity index (χ2v) is 5.03. The molecule has 2 aromatic heterocycles. The lowest BCUT2D eigenvalue weighted by molar-refractivity contribution is 0.987. The lowest BCUT2D eigenvalue weighted by Gasteiger charge is -2.07. The van der Waals surface area contributed by atoms with Crippen molar-refractivity contribution in [2.24, 2.45) is 0 Å². The van der Waals surface area contributed by atoms with Crippen LogP contribution in [-0.2, 0) is 6.42 Å². The molecule has 0 saturated carbocycles. The van der Waals surface area contributed by atoms with Crippen molar-refractivity contribution in [3.8, 4) is 0 Å². The summed E-state index contributed by atoms with van der Waals surface area (Å²) in [5.74, 6) is 1.31. The van der Waals surface area contributed by atoms with Gasteiger partial charge in [0.25, 0.3) is 0 Å². The molecule has 0 radical (unpaired) electrons. The molecule has 0 fully saturated rings. The molecule has 7 heteroatoms. The molecule has 0 bridgehead atoms. The van der Waals surface area contributed by atoms with Crippen LogP contribution < -0.4 is 5.32 Å². The Hall–Kier alpha value is -1.85. The highest BCUT2D eigenvalue weighted by Crippen LogP contribution is 2.27. The number of nitrogens with zero attached hydrogens (tertiary/aromatic N) is 3. The highest BCUT2D eigenvalue weighted by Gasteiger charge is 2.12. The van der Waals surface area contributed by atoms with Crippen molar-refractivity contribution in [1.29, 1.82) is 0 Å². The standard InChI is InChI=1S/C13H11Cl2N5/c1-16-12-11-13(18-6-17-11)20-10(19-12)5-7-8(14)3-2-4-9(7)15/h2-4,6H,5H2,1H3,(H2,16,17,18,19,20). The van der Waals surface area contributed by atoms with E-state index in [0.717, 1.165) is 11.1 Å². The third-order valence-corrected chi connectivity index (χ3v) is 3.67. The van der Waals surface area contributed by atoms with E-state index in [1.807, 2.05) is 6.07 Å². The maximum atomic E-state index is 6.17. The fraction of sp³-hybridized carbons (Fsp3) is 0.154. The van der Waals surface area contributed by atoms with Crippen LogP contribution in [0.2, 0.25) is 10.0 Å². The number of anilines is 1. The summed E-state index contributed by atoms with van der Waals surface area (Å²) in [6.07, 6.45) is 2.04. The Kier molecular flexibility index (Phi) is 3.46. The van der Waals surface area contributed by atoms with E-state index >= 15 is 0 Å². The fourth-order valence-corrected chi connectivity index (χ4v) is 2.53. The molecule has 0 atom stereocenters. The third kappa shape index (κ3) is 2.30. The summed E-state index contributed by atoms with van der Waals surface area (Å²) in [5, 5.41) is 4.23. The van der Waals surface area contributed by atoms with Crippen LogP contribution in [0, 0.1) is 0 Å². The molecule has 1 aromatic carbocycles. The van der Waals surface area contributed by atoms with E-state index in [2.05, 4.69) is 25.3 Å². The SMILES string of the molecule is CNc1nc(Cc2c(Cl)cccc2Cl)nc2nc[nH]c12. The van der Waals surface area contributed by atoms with Gasteiger partial charge in [-0.1, -0.05) is 29.3 Å². The Balaban J connectivity index is 2.06. The van der Waals surface area contributed by atoms with Gasteiger partial charge in [-0.25, -0.2) is 15.0 Å². The zero-order chi connectivity index (χ0) is 14.1. The van der Waals surface area contributed by atoms with Crippen LogP contribution in [0.4, 0.5) is 5.82 Å². The van der Waals surface area contributed by atoms with Gasteiger partial charge in [0.1, 0.15) is 11.3 Å². The van der Waals surface area contributed by atoms with E-state index in [4.69, 9.17) is 23.2 Å². The second-order valence-electron chi connectivity index (χ2n) is 4.22. The number of imidazole rings is 1. The van der Waals surface area contributed by atoms with E-state index < -0.39 is 0 Å². The average molecular weight is 308 g/mol. The smallest absolute Gasteiger partial charge is 0.183 e. The molecule has 5 nitrogen and oxygen atoms in total. The van der Waals surface area contributed by atoms with Gasteiger partial charge in [0.05, 0.1) is 6.33 Å². The molecule has 0 aliphatic rings. The molecule has 0 aliphatic heterocycles. The first-order valence-electron chi connectivity index (χ1n) is 5.99. The first-order chi connectivity index (χ1) is 9.69. The van der Waals surface area contributed by atoms with Crippen molar-refractivity contribution in [2.75, 3.05) is 12.4 Å². The predicted octanol–water partition coefficient (Wildman–Crippen LogP) is 3.29. The number of H-pyrrole nitrogens is 1. The van der Waals surface area contributed by atoms with Crippen LogP contribution in [0.3, 0.4) is 0 Å². The Bertz CT molecular complexity index is 748. The van der Waals surface area contributed by atoms with Crippen LogP contribution >= 0.6 is 23.2 Å². The number of rotatable bonds is 3. The maximum Gasteiger partial charge on any atom is 0.183 e. The first-order valence-corrected chi connectivity index (χ1v) is 6.75. The predicted molar refractivity (Wildman–Crippen MR) is 80.5 cm³/mol. The van der Waals surface area contributed by atoms with Crippen molar-refractivity contribution < 1.29 is 0 Å². The molecular formula is C13H11Cl2N5. The van der Waals surface area contributed by atoms with Crippen molar-refractivity contribution in [3.05, 3.63) is 46.0 Å². The zero-order valence-electron chi connectivity index (χ0n) is 10.6. The summed E-state index contributed by atoms with van der Waals surface area (Å²) < 4.78 is 0. The summed E-state index contributed by atoms with van der Waals surface area (Å²) in [5.41, 5.74) is 2.21. The highest BCUT2D eigenvalue weighted by molar-refractivity contribution is 6.36. The lowest BCUT2D eigenvalue weighted by Crippen LogP contribution is -2.03. The van der Waals surface area contributed by atoms with Crippen LogP contribution in [0.15, 0.2) is 24.5 Å². The minimum absolute atomic E-state index is 0.454. The average Bonchev–Trinajstić information content (AvgIpc) is 2.90. The third-order valence-electron chi connectivity index (χ3n) is 2.97. The minimum Gasteiger partial charge on any atom is -0.371 e. The number of aromatic amines is 1. The molecule has 102 valence electrons. The number of aromatic nitrogens is 4. The molecule has 0 saturated heterocycles. The molecule has 2 heterocycles. The molecule has 0 amide bonds. The van der Waals surface area contributed by atoms with Gasteiger partial charge in [0.15, 0.2) is 11.5 Å². The summed E-state index contributed by atoms with van der Waals surface area (Å²) in [4.78, 5) is 16.0. The number of hydrogen-bond donors (Lipinski definition) is 2. The maximum absolute atomic E-state index is 6.17. The number of nitrogens with one attached hydrogen (secondary N) is 2. The van der Waals surface area contributed by atoms with Gasteiger partial charge in [-0.2, -0.15) is 0 Å². The zero-order valence-corrected chi connectivity index (χ0v) is 12.1. The van der Waals surface area contributed by atoms with Gasteiger partial charge in [0.2, 0.25) is 0 Å². The normalized spacial score (nSPS) is 10.9. The van der Waals surface area contributed by atoms with E-state index in [0.29, 0.717) is 33.8 Å². The summed E-state index contributed by atoms with van der Waals surface area (Å²) in [6.45, 7) is 0. The van der Waals surface area contributed by atoms with E-state index in [-0.39, 0.29) is 0 Å². The van der Waals surface area contributed by atoms with Crippen LogP contribution in [0.5, 0.6) is 0 Å². The number of benzene rings is 1. The summed E-state index contributed by atoms with van der Waals surface area (Å²) >= 11 is 12.3. The Labute approximate surface area is 125 Å². The van der Waals surface area contributed by atoms with Crippen LogP contribution in [-0.4, -0.2) is 27.0 Å². The van der Waals surface area contributed by atoms with E-state index in [9.17, 15) is 0 Å². The van der Waals surface area contributed by atoms with E-state index in [1.54, 1.807) is 25.5 Å². The van der Waals surface area contributed by atoms with Crippen LogP contribution in [0.25, 0.3) is 11.2 Å². The highest BCUT2D eigenvalue weighted by atomic mass is 35.5. The molecule has 20 heavy (non-hydrogen) atoms. The van der Waals surface area contributed by atoms with Crippen molar-refractivity contribution in [2.45, 2.75) is 6.42 Å². The quantitative estimate of drug-likeness (QED) is 0.779. The molecule has 0 aliphatic carbocycles. The second kappa shape index (κ2) is 5.26. The fourth-order valence-electron chi connectivity index (χ4n) is 2.00. The summed E-state index contributed by atoms with van der Waals surface area (Å²) in [6, 6.07) is 5.41. The number of halogens is 2. The topological polar surface area (TPSA) is 66.5 Å². The largest absolute Gasteiger partial charge is 0.371 e. The molecule has 3 rings (SSSR count). The lowest BCUT2D eigenvalue weighted by atomic mass is 10.1. The summed E-state index contributed by atoms with van der Waals surface area (Å²) in [7, 11) is 1.80. The minimum atomic E-state index is 0.454. The molecule has 0 spiro atoms. The van der Waals surface area contributed by atoms with Gasteiger partial charge in [0, 0.05) is 23.5 Å². The Morgan fingerprint density at radius 3 is 2.65 bits per heavy atom. The van der Waals surface area contributed by atoms with E-state index in [1.165, 1.54) is 0 Å². The van der Waals surface area contributed by atoms with Gasteiger partial charge >= 0.3 is 0 Å².